The summed E-state index contributed by atoms with van der Waals surface area (Å²) >= 11 is 0. The standard InChI is InChI=1S/C5H8N2/c1-6-4-3-5-7(6)2/h3-4H,1-2H3. The highest BCUT2D eigenvalue weighted by Crippen LogP contribution is 1.69. The van der Waals surface area contributed by atoms with Crippen LogP contribution in [0.25, 0.3) is 0 Å². The molecule has 7 heavy (non-hydrogen) atoms. The summed E-state index contributed by atoms with van der Waals surface area (Å²) in [5, 5.41) is 0. The van der Waals surface area contributed by atoms with E-state index in [4.69, 9.17) is 0 Å². The van der Waals surface area contributed by atoms with E-state index in [2.05, 4.69) is 6.20 Å². The summed E-state index contributed by atoms with van der Waals surface area (Å²) in [6, 6.07) is 1.88. The van der Waals surface area contributed by atoms with E-state index in [1.54, 1.807) is 0 Å². The fraction of sp³-hybridized carbons (Fsp3) is 0.400. The minimum absolute atomic E-state index is 1.88. The number of rotatable bonds is 0. The van der Waals surface area contributed by atoms with E-state index in [-0.39, 0.29) is 0 Å². The summed E-state index contributed by atoms with van der Waals surface area (Å²) in [5.74, 6) is 0. The zero-order valence-corrected chi connectivity index (χ0v) is 4.55. The lowest BCUT2D eigenvalue weighted by molar-refractivity contribution is -0.754. The Labute approximate surface area is 43.0 Å². The molecular formula is C5H8N2. The van der Waals surface area contributed by atoms with E-state index in [9.17, 15) is 0 Å². The van der Waals surface area contributed by atoms with Crippen molar-refractivity contribution in [3.05, 3.63) is 18.5 Å². The highest BCUT2D eigenvalue weighted by molar-refractivity contribution is 4.67. The van der Waals surface area contributed by atoms with Gasteiger partial charge in [0.25, 0.3) is 0 Å². The maximum atomic E-state index is 2.95. The third-order valence-electron chi connectivity index (χ3n) is 1.02. The first kappa shape index (κ1) is 4.37. The van der Waals surface area contributed by atoms with Gasteiger partial charge in [0, 0.05) is 7.05 Å². The van der Waals surface area contributed by atoms with Gasteiger partial charge in [0.05, 0.1) is 6.20 Å². The van der Waals surface area contributed by atoms with Gasteiger partial charge in [-0.2, -0.15) is 0 Å². The average molecular weight is 96.1 g/mol. The van der Waals surface area contributed by atoms with Crippen molar-refractivity contribution in [2.45, 2.75) is 0 Å². The fourth-order valence-corrected chi connectivity index (χ4v) is 0.440. The van der Waals surface area contributed by atoms with Gasteiger partial charge in [-0.3, -0.25) is 4.68 Å². The largest absolute Gasteiger partial charge is 0.257 e. The molecule has 0 N–H and O–H groups in total. The van der Waals surface area contributed by atoms with Crippen molar-refractivity contribution < 1.29 is 4.68 Å². The fourth-order valence-electron chi connectivity index (χ4n) is 0.440. The molecular weight excluding hydrogens is 88.1 g/mol. The highest BCUT2D eigenvalue weighted by atomic mass is 15.4. The van der Waals surface area contributed by atoms with Gasteiger partial charge in [-0.1, -0.05) is 6.20 Å². The molecule has 1 aromatic rings. The molecule has 0 aliphatic heterocycles. The molecule has 0 aromatic carbocycles. The predicted octanol–water partition coefficient (Wildman–Crippen LogP) is -0.350. The Morgan fingerprint density at radius 2 is 2.43 bits per heavy atom. The first-order valence-electron chi connectivity index (χ1n) is 2.20. The predicted molar refractivity (Wildman–Crippen MR) is 25.4 cm³/mol. The molecule has 0 saturated heterocycles. The van der Waals surface area contributed by atoms with Crippen LogP contribution < -0.4 is 4.68 Å². The Hall–Kier alpha value is -0.790. The van der Waals surface area contributed by atoms with Crippen LogP contribution in [0.5, 0.6) is 0 Å². The molecule has 0 saturated carbocycles. The summed E-state index contributed by atoms with van der Waals surface area (Å²) < 4.78 is 3.82. The van der Waals surface area contributed by atoms with Crippen molar-refractivity contribution in [1.29, 1.82) is 0 Å². The van der Waals surface area contributed by atoms with Crippen molar-refractivity contribution >= 4 is 0 Å². The second-order valence-electron chi connectivity index (χ2n) is 1.54. The molecule has 0 aliphatic rings. The maximum Gasteiger partial charge on any atom is 0.142 e. The quantitative estimate of drug-likeness (QED) is 0.308. The summed E-state index contributed by atoms with van der Waals surface area (Å²) in [5.41, 5.74) is 0. The van der Waals surface area contributed by atoms with E-state index >= 15 is 0 Å². The summed E-state index contributed by atoms with van der Waals surface area (Å²) in [4.78, 5) is 0. The van der Waals surface area contributed by atoms with E-state index in [1.807, 2.05) is 35.7 Å². The number of hydrogen-bond acceptors (Lipinski definition) is 0. The normalized spacial score (nSPS) is 9.43. The van der Waals surface area contributed by atoms with Gasteiger partial charge < -0.3 is 0 Å². The first-order chi connectivity index (χ1) is 3.30. The number of hydrogen-bond donors (Lipinski definition) is 0. The molecule has 0 spiro atoms. The molecule has 0 aliphatic carbocycles. The van der Waals surface area contributed by atoms with Crippen LogP contribution in [0.3, 0.4) is 0 Å². The number of aryl methyl sites for hydroxylation is 2. The lowest BCUT2D eigenvalue weighted by Crippen LogP contribution is -2.36. The van der Waals surface area contributed by atoms with Gasteiger partial charge in [-0.05, 0) is 0 Å². The highest BCUT2D eigenvalue weighted by Gasteiger charge is 1.79. The van der Waals surface area contributed by atoms with Gasteiger partial charge in [0.1, 0.15) is 7.05 Å². The van der Waals surface area contributed by atoms with Crippen LogP contribution in [-0.4, -0.2) is 4.68 Å². The Balaban J connectivity index is 3.12. The van der Waals surface area contributed by atoms with Gasteiger partial charge in [0.2, 0.25) is 0 Å². The van der Waals surface area contributed by atoms with Crippen LogP contribution in [0.2, 0.25) is 0 Å². The minimum atomic E-state index is 1.88. The average Bonchev–Trinajstić information content (AvgIpc) is 1.91. The van der Waals surface area contributed by atoms with Crippen LogP contribution in [0, 0.1) is 6.20 Å². The zero-order chi connectivity index (χ0) is 5.28. The van der Waals surface area contributed by atoms with Gasteiger partial charge >= 0.3 is 0 Å². The topological polar surface area (TPSA) is 8.81 Å². The molecule has 0 amide bonds. The molecule has 2 heteroatoms. The number of nitrogens with zero attached hydrogens (tertiary/aromatic N) is 2. The van der Waals surface area contributed by atoms with E-state index < -0.39 is 0 Å². The third-order valence-corrected chi connectivity index (χ3v) is 1.02. The minimum Gasteiger partial charge on any atom is -0.257 e. The summed E-state index contributed by atoms with van der Waals surface area (Å²) in [7, 11) is 3.91. The Kier molecular flexibility index (Phi) is 0.855. The Morgan fingerprint density at radius 1 is 1.71 bits per heavy atom. The van der Waals surface area contributed by atoms with Crippen molar-refractivity contribution in [3.63, 3.8) is 0 Å². The van der Waals surface area contributed by atoms with Crippen molar-refractivity contribution in [3.8, 4) is 0 Å². The zero-order valence-electron chi connectivity index (χ0n) is 4.55. The molecule has 1 heterocycles. The van der Waals surface area contributed by atoms with Gasteiger partial charge in [0.15, 0.2) is 0 Å². The van der Waals surface area contributed by atoms with E-state index in [0.29, 0.717) is 0 Å². The molecule has 0 bridgehead atoms. The first-order valence-corrected chi connectivity index (χ1v) is 2.20. The van der Waals surface area contributed by atoms with Crippen LogP contribution >= 0.6 is 0 Å². The molecule has 38 valence electrons. The number of aromatic nitrogens is 2. The van der Waals surface area contributed by atoms with Gasteiger partial charge in [-0.15, -0.1) is 6.07 Å². The SMILES string of the molecule is Cn1cc[c-][n+]1C. The van der Waals surface area contributed by atoms with Gasteiger partial charge in [-0.25, -0.2) is 4.68 Å². The smallest absolute Gasteiger partial charge is 0.142 e. The van der Waals surface area contributed by atoms with E-state index in [0.717, 1.165) is 0 Å². The molecule has 1 aromatic heterocycles. The molecule has 0 radical (unpaired) electrons. The Morgan fingerprint density at radius 3 is 2.57 bits per heavy atom. The molecule has 2 nitrogen and oxygen atoms in total. The van der Waals surface area contributed by atoms with E-state index in [1.165, 1.54) is 0 Å². The molecule has 0 fully saturated rings. The van der Waals surface area contributed by atoms with Crippen LogP contribution in [0.4, 0.5) is 0 Å². The van der Waals surface area contributed by atoms with Crippen molar-refractivity contribution in [2.24, 2.45) is 14.1 Å². The van der Waals surface area contributed by atoms with Crippen molar-refractivity contribution in [1.82, 2.24) is 4.68 Å². The van der Waals surface area contributed by atoms with Crippen molar-refractivity contribution in [2.75, 3.05) is 0 Å². The lowest BCUT2D eigenvalue weighted by Gasteiger charge is -1.91. The third kappa shape index (κ3) is 0.633. The Bertz CT molecular complexity index is 138. The monoisotopic (exact) mass is 96.1 g/mol. The maximum absolute atomic E-state index is 2.95. The van der Waals surface area contributed by atoms with Crippen LogP contribution in [0.1, 0.15) is 0 Å². The lowest BCUT2D eigenvalue weighted by atomic mass is 10.8. The summed E-state index contributed by atoms with van der Waals surface area (Å²) in [6.45, 7) is 0. The van der Waals surface area contributed by atoms with Crippen LogP contribution in [-0.2, 0) is 14.1 Å². The molecule has 1 rings (SSSR count). The summed E-state index contributed by atoms with van der Waals surface area (Å²) in [6.07, 6.45) is 4.89. The molecule has 0 atom stereocenters. The second kappa shape index (κ2) is 1.37. The second-order valence-corrected chi connectivity index (χ2v) is 1.54. The van der Waals surface area contributed by atoms with Crippen LogP contribution in [0.15, 0.2) is 12.3 Å². The molecule has 0 unspecified atom stereocenters.